The zero-order valence-corrected chi connectivity index (χ0v) is 21.1. The summed E-state index contributed by atoms with van der Waals surface area (Å²) in [5.74, 6) is -0.918. The average Bonchev–Trinajstić information content (AvgIpc) is 2.78. The normalized spacial score (nSPS) is 12.3. The van der Waals surface area contributed by atoms with Crippen molar-refractivity contribution < 1.29 is 9.90 Å². The molecule has 0 aromatic rings. The van der Waals surface area contributed by atoms with E-state index in [1.165, 1.54) is 128 Å². The summed E-state index contributed by atoms with van der Waals surface area (Å²) < 4.78 is 0. The summed E-state index contributed by atoms with van der Waals surface area (Å²) in [5, 5.41) is 8.46. The number of aliphatic carboxylic acids is 1. The maximum atomic E-state index is 10.3. The van der Waals surface area contributed by atoms with Crippen LogP contribution in [0.2, 0.25) is 0 Å². The quantitative estimate of drug-likeness (QED) is 0.0913. The summed E-state index contributed by atoms with van der Waals surface area (Å²) in [6.07, 6.45) is 42.5. The smallest absolute Gasteiger partial charge is 0.328 e. The minimum Gasteiger partial charge on any atom is -0.478 e. The second-order valence-electron chi connectivity index (χ2n) is 9.05. The molecule has 0 bridgehead atoms. The molecule has 0 aromatic heterocycles. The molecule has 0 aliphatic heterocycles. The van der Waals surface area contributed by atoms with Crippen LogP contribution in [0.3, 0.4) is 0 Å². The number of carbonyl (C=O) groups is 1. The van der Waals surface area contributed by atoms with E-state index in [4.69, 9.17) is 5.11 Å². The van der Waals surface area contributed by atoms with E-state index in [0.29, 0.717) is 0 Å². The van der Waals surface area contributed by atoms with Gasteiger partial charge >= 0.3 is 5.97 Å². The van der Waals surface area contributed by atoms with E-state index in [-0.39, 0.29) is 0 Å². The number of carboxylic acid groups (broad SMARTS) is 1. The maximum Gasteiger partial charge on any atom is 0.328 e. The zero-order chi connectivity index (χ0) is 23.4. The molecule has 0 atom stereocenters. The van der Waals surface area contributed by atoms with Gasteiger partial charge < -0.3 is 5.11 Å². The minimum absolute atomic E-state index is 0.918. The monoisotopic (exact) mass is 444 g/mol. The molecule has 0 aliphatic rings. The molecular weight excluding hydrogens is 392 g/mol. The summed E-state index contributed by atoms with van der Waals surface area (Å²) >= 11 is 0. The van der Waals surface area contributed by atoms with E-state index in [2.05, 4.69) is 19.1 Å². The van der Waals surface area contributed by atoms with Gasteiger partial charge in [0.15, 0.2) is 0 Å². The van der Waals surface area contributed by atoms with Crippen LogP contribution in [0, 0.1) is 0 Å². The summed E-state index contributed by atoms with van der Waals surface area (Å²) in [6, 6.07) is 0. The lowest BCUT2D eigenvalue weighted by atomic mass is 10.0. The van der Waals surface area contributed by atoms with Crippen LogP contribution in [0.1, 0.15) is 135 Å². The van der Waals surface area contributed by atoms with E-state index in [1.807, 2.05) is 18.2 Å². The topological polar surface area (TPSA) is 37.3 Å². The fraction of sp³-hybridized carbons (Fsp3) is 0.700. The Balaban J connectivity index is 3.20. The molecule has 0 aliphatic carbocycles. The molecule has 0 aromatic carbocycles. The van der Waals surface area contributed by atoms with E-state index >= 15 is 0 Å². The van der Waals surface area contributed by atoms with Crippen LogP contribution < -0.4 is 0 Å². The first-order valence-corrected chi connectivity index (χ1v) is 13.7. The first-order valence-electron chi connectivity index (χ1n) is 13.7. The van der Waals surface area contributed by atoms with Gasteiger partial charge in [-0.3, -0.25) is 0 Å². The van der Waals surface area contributed by atoms with Gasteiger partial charge in [0.1, 0.15) is 0 Å². The lowest BCUT2D eigenvalue weighted by Crippen LogP contribution is -1.84. The van der Waals surface area contributed by atoms with Gasteiger partial charge in [-0.05, 0) is 12.8 Å². The molecule has 0 rings (SSSR count). The van der Waals surface area contributed by atoms with Crippen molar-refractivity contribution in [1.29, 1.82) is 0 Å². The maximum absolute atomic E-state index is 10.3. The van der Waals surface area contributed by atoms with Crippen molar-refractivity contribution in [2.24, 2.45) is 0 Å². The third kappa shape index (κ3) is 28.4. The van der Waals surface area contributed by atoms with Crippen LogP contribution in [0.15, 0.2) is 48.6 Å². The predicted octanol–water partition coefficient (Wildman–Crippen LogP) is 10.1. The first-order chi connectivity index (χ1) is 15.8. The third-order valence-electron chi connectivity index (χ3n) is 5.90. The summed E-state index contributed by atoms with van der Waals surface area (Å²) in [4.78, 5) is 10.3. The van der Waals surface area contributed by atoms with Gasteiger partial charge in [0.05, 0.1) is 0 Å². The highest BCUT2D eigenvalue weighted by molar-refractivity contribution is 5.80. The van der Waals surface area contributed by atoms with Crippen LogP contribution in [0.25, 0.3) is 0 Å². The Kier molecular flexibility index (Phi) is 26.1. The molecule has 0 fully saturated rings. The molecule has 0 saturated heterocycles. The van der Waals surface area contributed by atoms with Crippen molar-refractivity contribution >= 4 is 5.97 Å². The number of hydrogen-bond acceptors (Lipinski definition) is 1. The van der Waals surface area contributed by atoms with Crippen LogP contribution in [-0.2, 0) is 4.79 Å². The van der Waals surface area contributed by atoms with Crippen molar-refractivity contribution in [2.45, 2.75) is 135 Å². The Morgan fingerprint density at radius 2 is 0.844 bits per heavy atom. The van der Waals surface area contributed by atoms with Crippen molar-refractivity contribution in [1.82, 2.24) is 0 Å². The Hall–Kier alpha value is -1.57. The molecule has 32 heavy (non-hydrogen) atoms. The van der Waals surface area contributed by atoms with E-state index in [9.17, 15) is 4.79 Å². The molecule has 0 unspecified atom stereocenters. The Morgan fingerprint density at radius 3 is 1.25 bits per heavy atom. The second-order valence-corrected chi connectivity index (χ2v) is 9.05. The van der Waals surface area contributed by atoms with E-state index < -0.39 is 5.97 Å². The molecule has 1 N–H and O–H groups in total. The molecule has 184 valence electrons. The Labute approximate surface area is 200 Å². The highest BCUT2D eigenvalue weighted by atomic mass is 16.4. The van der Waals surface area contributed by atoms with E-state index in [0.717, 1.165) is 12.5 Å². The predicted molar refractivity (Wildman–Crippen MR) is 142 cm³/mol. The highest BCUT2D eigenvalue weighted by Crippen LogP contribution is 2.14. The van der Waals surface area contributed by atoms with Gasteiger partial charge in [-0.2, -0.15) is 0 Å². The van der Waals surface area contributed by atoms with Crippen LogP contribution in [-0.4, -0.2) is 11.1 Å². The Morgan fingerprint density at radius 1 is 0.500 bits per heavy atom. The lowest BCUT2D eigenvalue weighted by molar-refractivity contribution is -0.131. The number of carboxylic acids is 1. The second kappa shape index (κ2) is 27.5. The number of allylic oxidation sites excluding steroid dienone is 7. The van der Waals surface area contributed by atoms with Crippen LogP contribution in [0.4, 0.5) is 0 Å². The number of rotatable bonds is 24. The molecule has 0 saturated carbocycles. The van der Waals surface area contributed by atoms with Crippen molar-refractivity contribution in [3.05, 3.63) is 48.6 Å². The minimum atomic E-state index is -0.918. The summed E-state index contributed by atoms with van der Waals surface area (Å²) in [6.45, 7) is 2.29. The van der Waals surface area contributed by atoms with Gasteiger partial charge in [-0.1, -0.05) is 165 Å². The SMILES string of the molecule is CCCCCCCCCCCCCCCCCCCCCC=CC=CC=CC=CC(=O)O. The van der Waals surface area contributed by atoms with Gasteiger partial charge in [0, 0.05) is 6.08 Å². The van der Waals surface area contributed by atoms with Gasteiger partial charge in [0.25, 0.3) is 0 Å². The fourth-order valence-electron chi connectivity index (χ4n) is 3.91. The highest BCUT2D eigenvalue weighted by Gasteiger charge is 1.95. The first kappa shape index (κ1) is 30.4. The van der Waals surface area contributed by atoms with Gasteiger partial charge in [0.2, 0.25) is 0 Å². The van der Waals surface area contributed by atoms with Crippen LogP contribution >= 0.6 is 0 Å². The summed E-state index contributed by atoms with van der Waals surface area (Å²) in [7, 11) is 0. The summed E-state index contributed by atoms with van der Waals surface area (Å²) in [5.41, 5.74) is 0. The molecular formula is C30H52O2. The zero-order valence-electron chi connectivity index (χ0n) is 21.1. The fourth-order valence-corrected chi connectivity index (χ4v) is 3.91. The lowest BCUT2D eigenvalue weighted by Gasteiger charge is -2.03. The molecule has 0 amide bonds. The van der Waals surface area contributed by atoms with Crippen molar-refractivity contribution in [2.75, 3.05) is 0 Å². The number of hydrogen-bond donors (Lipinski definition) is 1. The van der Waals surface area contributed by atoms with Crippen LogP contribution in [0.5, 0.6) is 0 Å². The van der Waals surface area contributed by atoms with Crippen molar-refractivity contribution in [3.8, 4) is 0 Å². The van der Waals surface area contributed by atoms with E-state index in [1.54, 1.807) is 6.08 Å². The largest absolute Gasteiger partial charge is 0.478 e. The molecule has 2 heteroatoms. The molecule has 0 heterocycles. The average molecular weight is 445 g/mol. The van der Waals surface area contributed by atoms with Gasteiger partial charge in [-0.25, -0.2) is 4.79 Å². The Bertz CT molecular complexity index is 499. The molecule has 0 spiro atoms. The third-order valence-corrected chi connectivity index (χ3v) is 5.90. The van der Waals surface area contributed by atoms with Crippen molar-refractivity contribution in [3.63, 3.8) is 0 Å². The van der Waals surface area contributed by atoms with Gasteiger partial charge in [-0.15, -0.1) is 0 Å². The number of unbranched alkanes of at least 4 members (excludes halogenated alkanes) is 19. The standard InChI is InChI=1S/C30H52O2/c1-2-3-4-5-6-7-8-9-10-11-12-13-14-15-16-17-18-19-20-21-22-23-24-25-26-27-28-29-30(31)32/h22-29H,2-21H2,1H3,(H,31,32). The molecule has 2 nitrogen and oxygen atoms in total. The molecule has 0 radical (unpaired) electrons.